The van der Waals surface area contributed by atoms with Crippen LogP contribution < -0.4 is 31.9 Å². The minimum absolute atomic E-state index is 0. The number of Topliss-reactive ketones (excluding diaryl/α,β-unsaturated/α-hetero) is 2. The SMILES string of the molecule is C.C.CC.CC(=O)CC1C(OC=O)CC(C(C)=O)C1C(=O)O.CC(=O)O.CC(=O)O.CNC(C)=O.CNC(C)=O.CNC(C)=O.CNC(C)=O.CNc1ccc(N=Nc2ccc(NC)cc2)cc1.COC=O.COC=O.O.O.O.O.O.O.O.[2H]C.[Y].[Y]. The van der Waals surface area contributed by atoms with Crippen LogP contribution >= 0.6 is 0 Å². The Morgan fingerprint density at radius 1 is 0.523 bits per heavy atom. The minimum atomic E-state index is -1.13. The van der Waals surface area contributed by atoms with E-state index in [1.54, 1.807) is 28.2 Å². The van der Waals surface area contributed by atoms with Crippen LogP contribution in [0.15, 0.2) is 58.8 Å². The summed E-state index contributed by atoms with van der Waals surface area (Å²) in [6.07, 6.45) is -0.510. The molecule has 0 aliphatic heterocycles. The maximum Gasteiger partial charge on any atom is 0.307 e. The zero-order valence-electron chi connectivity index (χ0n) is 52.6. The van der Waals surface area contributed by atoms with Crippen molar-refractivity contribution in [1.82, 2.24) is 21.3 Å². The molecule has 35 heteroatoms. The van der Waals surface area contributed by atoms with E-state index in [9.17, 15) is 43.5 Å². The monoisotopic (exact) mass is 1410 g/mol. The number of anilines is 2. The van der Waals surface area contributed by atoms with E-state index < -0.39 is 41.8 Å². The molecule has 1 aliphatic carbocycles. The quantitative estimate of drug-likeness (QED) is 0.0795. The van der Waals surface area contributed by atoms with E-state index in [-0.39, 0.29) is 173 Å². The van der Waals surface area contributed by atoms with Gasteiger partial charge in [0.05, 0.1) is 31.5 Å². The smallest absolute Gasteiger partial charge is 0.307 e. The standard InChI is InChI=1S/C14H16N4.C12H16O6.4C3H7NO.4C2H4O2.C2H6.3CH4.7H2O.2Y/c1-15-11-3-7-13(8-4-11)17-18-14-9-5-12(16-2)6-10-14;1-6(14)3-9-10(18-5-13)4-8(7(2)15)11(9)12(16)17;4*1-3(5)4-2;2*1-4-2-3;2*1-2(3)4;1-2;;;;;;;;;;;;/h3-10,15-16H,1-2H3;5,8-11H,3-4H2,1-2H3,(H,16,17);4*1-2H3,(H,4,5);2*2H,1H3;2*1H3,(H,3,4);1-2H3;3*1H4;7*1H2;;/i;;;;;;;;;;;1D;;;;;;;;;;;. The number of hydrogen-bond acceptors (Lipinski definition) is 19. The summed E-state index contributed by atoms with van der Waals surface area (Å²) in [4.78, 5) is 119. The normalized spacial score (nSPS) is 11.5. The summed E-state index contributed by atoms with van der Waals surface area (Å²) >= 11 is 0. The molecule has 0 bridgehead atoms. The Labute approximate surface area is 559 Å². The number of rotatable bonds is 12. The molecule has 0 heterocycles. The summed E-state index contributed by atoms with van der Waals surface area (Å²) < 4.78 is 18.3. The number of carbonyl (C=O) groups excluding carboxylic acids is 9. The van der Waals surface area contributed by atoms with Crippen LogP contribution in [0.1, 0.15) is 106 Å². The maximum atomic E-state index is 11.4. The van der Waals surface area contributed by atoms with Gasteiger partial charge in [-0.25, -0.2) is 0 Å². The van der Waals surface area contributed by atoms with E-state index in [0.29, 0.717) is 12.9 Å². The van der Waals surface area contributed by atoms with Crippen LogP contribution in [0.5, 0.6) is 0 Å². The number of nitrogens with zero attached hydrogens (tertiary/aromatic N) is 2. The summed E-state index contributed by atoms with van der Waals surface area (Å²) in [5, 5.41) is 48.1. The number of carbonyl (C=O) groups is 12. The van der Waals surface area contributed by atoms with Gasteiger partial charge in [-0.2, -0.15) is 10.2 Å². The van der Waals surface area contributed by atoms with Crippen molar-refractivity contribution >= 4 is 95.3 Å². The molecule has 4 amide bonds. The molecule has 23 N–H and O–H groups in total. The fourth-order valence-electron chi connectivity index (χ4n) is 4.20. The van der Waals surface area contributed by atoms with Gasteiger partial charge in [0, 0.05) is 180 Å². The van der Waals surface area contributed by atoms with E-state index in [4.69, 9.17) is 35.5 Å². The van der Waals surface area contributed by atoms with Crippen LogP contribution in [-0.2, 0) is 137 Å². The first-order chi connectivity index (χ1) is 35.6. The van der Waals surface area contributed by atoms with Crippen molar-refractivity contribution in [2.75, 3.05) is 67.1 Å². The van der Waals surface area contributed by atoms with E-state index in [1.165, 1.54) is 63.2 Å². The molecule has 2 radical (unpaired) electrons. The van der Waals surface area contributed by atoms with Crippen molar-refractivity contribution in [3.8, 4) is 0 Å². The third-order valence-electron chi connectivity index (χ3n) is 7.61. The van der Waals surface area contributed by atoms with Crippen LogP contribution in [0.25, 0.3) is 0 Å². The molecule has 33 nitrogen and oxygen atoms in total. The fraction of sp³-hybridized carbons (Fsp3) is 0.529. The fourth-order valence-corrected chi connectivity index (χ4v) is 4.20. The summed E-state index contributed by atoms with van der Waals surface area (Å²) in [5.74, 6) is -5.50. The minimum Gasteiger partial charge on any atom is -0.481 e. The predicted molar refractivity (Wildman–Crippen MR) is 324 cm³/mol. The first-order valence-electron chi connectivity index (χ1n) is 22.9. The van der Waals surface area contributed by atoms with Crippen molar-refractivity contribution in [3.63, 3.8) is 0 Å². The Balaban J connectivity index is -0.0000000335. The number of ether oxygens (including phenoxy) is 3. The number of carboxylic acid groups (broad SMARTS) is 3. The summed E-state index contributed by atoms with van der Waals surface area (Å²) in [7, 11) is 14.1. The van der Waals surface area contributed by atoms with Crippen molar-refractivity contribution in [3.05, 3.63) is 48.5 Å². The maximum absolute atomic E-state index is 11.4. The first kappa shape index (κ1) is 134. The van der Waals surface area contributed by atoms with Crippen LogP contribution in [0, 0.1) is 17.8 Å². The number of benzene rings is 2. The van der Waals surface area contributed by atoms with Gasteiger partial charge in [-0.1, -0.05) is 36.1 Å². The number of amides is 4. The number of azo groups is 1. The predicted octanol–water partition coefficient (Wildman–Crippen LogP) is 0.544. The molecule has 0 saturated heterocycles. The molecular weight excluding hydrogens is 1300 g/mol. The third-order valence-corrected chi connectivity index (χ3v) is 7.61. The van der Waals surface area contributed by atoms with Crippen LogP contribution in [0.4, 0.5) is 22.7 Å². The summed E-state index contributed by atoms with van der Waals surface area (Å²) in [6.45, 7) is 15.7. The molecule has 86 heavy (non-hydrogen) atoms. The summed E-state index contributed by atoms with van der Waals surface area (Å²) in [6, 6.07) is 15.6. The van der Waals surface area contributed by atoms with Crippen molar-refractivity contribution in [2.24, 2.45) is 28.0 Å². The molecule has 0 spiro atoms. The van der Waals surface area contributed by atoms with E-state index >= 15 is 0 Å². The Morgan fingerprint density at radius 2 is 0.744 bits per heavy atom. The van der Waals surface area contributed by atoms with Gasteiger partial charge in [-0.05, 0) is 68.8 Å². The number of aliphatic carboxylic acids is 3. The van der Waals surface area contributed by atoms with Gasteiger partial charge >= 0.3 is 5.97 Å². The van der Waals surface area contributed by atoms with Gasteiger partial charge in [0.2, 0.25) is 23.6 Å². The van der Waals surface area contributed by atoms with Crippen molar-refractivity contribution in [2.45, 2.75) is 110 Å². The number of hydrogen-bond donors (Lipinski definition) is 9. The number of nitrogens with one attached hydrogen (secondary N) is 6. The molecule has 2 aromatic rings. The van der Waals surface area contributed by atoms with Crippen molar-refractivity contribution in [1.29, 1.82) is 0 Å². The van der Waals surface area contributed by atoms with Crippen LogP contribution in [0.2, 0.25) is 0 Å². The van der Waals surface area contributed by atoms with Gasteiger partial charge in [0.15, 0.2) is 0 Å². The molecule has 2 aromatic carbocycles. The number of carboxylic acids is 3. The second kappa shape index (κ2) is 101. The zero-order chi connectivity index (χ0) is 61.8. The van der Waals surface area contributed by atoms with Crippen LogP contribution in [0.3, 0.4) is 0 Å². The number of ketones is 2. The van der Waals surface area contributed by atoms with Gasteiger partial charge in [-0.3, -0.25) is 52.7 Å². The number of methoxy groups -OCH3 is 2. The van der Waals surface area contributed by atoms with E-state index in [1.807, 2.05) is 76.5 Å². The Kier molecular flexibility index (Phi) is 157. The zero-order valence-corrected chi connectivity index (χ0v) is 57.3. The second-order valence-electron chi connectivity index (χ2n) is 13.4. The largest absolute Gasteiger partial charge is 0.481 e. The molecule has 4 atom stereocenters. The average Bonchev–Trinajstić information content (AvgIpc) is 3.75. The molecule has 1 saturated carbocycles. The molecule has 508 valence electrons. The van der Waals surface area contributed by atoms with Gasteiger partial charge in [-0.15, -0.1) is 0 Å². The Bertz CT molecular complexity index is 1790. The van der Waals surface area contributed by atoms with Gasteiger partial charge in [0.25, 0.3) is 31.4 Å². The molecule has 0 aromatic heterocycles. The second-order valence-corrected chi connectivity index (χ2v) is 13.4. The molecule has 3 rings (SSSR count). The topological polar surface area (TPSA) is 611 Å². The van der Waals surface area contributed by atoms with Gasteiger partial charge < -0.3 is 105 Å². The average molecular weight is 1410 g/mol. The summed E-state index contributed by atoms with van der Waals surface area (Å²) in [5.41, 5.74) is 3.80. The van der Waals surface area contributed by atoms with E-state index in [2.05, 4.69) is 51.6 Å². The third kappa shape index (κ3) is 113. The molecule has 1 aliphatic rings. The van der Waals surface area contributed by atoms with Gasteiger partial charge in [0.1, 0.15) is 17.7 Å². The Hall–Kier alpha value is -6.39. The Morgan fingerprint density at radius 3 is 0.884 bits per heavy atom. The van der Waals surface area contributed by atoms with Crippen molar-refractivity contribution < 1.29 is 192 Å². The van der Waals surface area contributed by atoms with E-state index in [0.717, 1.165) is 36.6 Å². The first-order valence-corrected chi connectivity index (χ1v) is 21.9. The molecule has 4 unspecified atom stereocenters. The van der Waals surface area contributed by atoms with Crippen LogP contribution in [-0.4, -0.2) is 189 Å². The molecule has 1 fully saturated rings. The molecular formula is C51H108N8O25Y2.